The number of benzene rings is 2. The van der Waals surface area contributed by atoms with E-state index in [2.05, 4.69) is 20.8 Å². The Labute approximate surface area is 167 Å². The van der Waals surface area contributed by atoms with Gasteiger partial charge < -0.3 is 14.8 Å². The van der Waals surface area contributed by atoms with Gasteiger partial charge in [-0.15, -0.1) is 5.10 Å². The Hall–Kier alpha value is -3.07. The second-order valence-electron chi connectivity index (χ2n) is 6.02. The molecule has 0 aliphatic heterocycles. The molecule has 0 aliphatic rings. The number of aromatic nitrogens is 4. The number of hydrogen-bond donors (Lipinski definition) is 1. The smallest absolute Gasteiger partial charge is 0.237 e. The number of nitrogens with one attached hydrogen (secondary N) is 1. The molecule has 0 saturated heterocycles. The third-order valence-electron chi connectivity index (χ3n) is 4.02. The zero-order valence-electron chi connectivity index (χ0n) is 16.0. The summed E-state index contributed by atoms with van der Waals surface area (Å²) in [7, 11) is 3.18. The van der Waals surface area contributed by atoms with Gasteiger partial charge in [-0.25, -0.2) is 0 Å². The van der Waals surface area contributed by atoms with E-state index < -0.39 is 5.25 Å². The number of methoxy groups -OCH3 is 2. The molecule has 0 unspecified atom stereocenters. The number of tetrazole rings is 1. The first-order chi connectivity index (χ1) is 13.5. The summed E-state index contributed by atoms with van der Waals surface area (Å²) in [6, 6.07) is 13.0. The highest BCUT2D eigenvalue weighted by molar-refractivity contribution is 8.00. The third kappa shape index (κ3) is 4.42. The Bertz CT molecular complexity index is 958. The number of aryl methyl sites for hydroxylation is 1. The summed E-state index contributed by atoms with van der Waals surface area (Å²) in [6.07, 6.45) is 0. The Morgan fingerprint density at radius 2 is 1.89 bits per heavy atom. The fourth-order valence-corrected chi connectivity index (χ4v) is 3.31. The average molecular weight is 399 g/mol. The fraction of sp³-hybridized carbons (Fsp3) is 0.263. The molecule has 2 aromatic carbocycles. The maximum Gasteiger partial charge on any atom is 0.237 e. The van der Waals surface area contributed by atoms with Gasteiger partial charge in [0.2, 0.25) is 11.1 Å². The van der Waals surface area contributed by atoms with Crippen molar-refractivity contribution in [3.05, 3.63) is 48.0 Å². The van der Waals surface area contributed by atoms with Crippen LogP contribution < -0.4 is 14.8 Å². The van der Waals surface area contributed by atoms with E-state index in [-0.39, 0.29) is 5.91 Å². The molecular weight excluding hydrogens is 378 g/mol. The van der Waals surface area contributed by atoms with Gasteiger partial charge in [0.15, 0.2) is 0 Å². The second-order valence-corrected chi connectivity index (χ2v) is 7.33. The van der Waals surface area contributed by atoms with Gasteiger partial charge >= 0.3 is 0 Å². The average Bonchev–Trinajstić information content (AvgIpc) is 3.16. The molecule has 1 amide bonds. The van der Waals surface area contributed by atoms with Crippen molar-refractivity contribution in [2.75, 3.05) is 19.5 Å². The second kappa shape index (κ2) is 8.75. The van der Waals surface area contributed by atoms with Crippen molar-refractivity contribution in [3.8, 4) is 17.2 Å². The minimum absolute atomic E-state index is 0.168. The predicted octanol–water partition coefficient (Wildman–Crippen LogP) is 3.11. The molecule has 8 nitrogen and oxygen atoms in total. The van der Waals surface area contributed by atoms with Crippen LogP contribution in [0, 0.1) is 6.92 Å². The Morgan fingerprint density at radius 3 is 2.57 bits per heavy atom. The minimum Gasteiger partial charge on any atom is -0.497 e. The lowest BCUT2D eigenvalue weighted by atomic mass is 10.2. The van der Waals surface area contributed by atoms with Crippen LogP contribution in [0.15, 0.2) is 47.6 Å². The van der Waals surface area contributed by atoms with Gasteiger partial charge in [0, 0.05) is 0 Å². The lowest BCUT2D eigenvalue weighted by Crippen LogP contribution is -2.23. The summed E-state index contributed by atoms with van der Waals surface area (Å²) < 4.78 is 12.1. The van der Waals surface area contributed by atoms with Gasteiger partial charge in [-0.05, 0) is 66.2 Å². The summed E-state index contributed by atoms with van der Waals surface area (Å²) >= 11 is 1.27. The number of rotatable bonds is 7. The zero-order valence-corrected chi connectivity index (χ0v) is 16.9. The highest BCUT2D eigenvalue weighted by Crippen LogP contribution is 2.28. The Morgan fingerprint density at radius 1 is 1.14 bits per heavy atom. The quantitative estimate of drug-likeness (QED) is 0.610. The summed E-state index contributed by atoms with van der Waals surface area (Å²) in [5, 5.41) is 14.8. The van der Waals surface area contributed by atoms with Crippen LogP contribution >= 0.6 is 11.8 Å². The van der Waals surface area contributed by atoms with Gasteiger partial charge in [-0.3, -0.25) is 4.79 Å². The van der Waals surface area contributed by atoms with Crippen molar-refractivity contribution in [3.63, 3.8) is 0 Å². The van der Waals surface area contributed by atoms with Crippen LogP contribution in [0.1, 0.15) is 12.5 Å². The number of nitrogens with zero attached hydrogens (tertiary/aromatic N) is 4. The van der Waals surface area contributed by atoms with E-state index in [1.807, 2.05) is 49.4 Å². The van der Waals surface area contributed by atoms with E-state index in [1.165, 1.54) is 11.8 Å². The number of carbonyl (C=O) groups excluding carboxylic acids is 1. The maximum absolute atomic E-state index is 12.7. The van der Waals surface area contributed by atoms with E-state index in [1.54, 1.807) is 25.8 Å². The minimum atomic E-state index is -0.423. The van der Waals surface area contributed by atoms with Crippen LogP contribution in [0.3, 0.4) is 0 Å². The molecule has 1 N–H and O–H groups in total. The predicted molar refractivity (Wildman–Crippen MR) is 107 cm³/mol. The molecule has 28 heavy (non-hydrogen) atoms. The number of hydrogen-bond acceptors (Lipinski definition) is 7. The summed E-state index contributed by atoms with van der Waals surface area (Å²) in [4.78, 5) is 12.7. The molecule has 0 spiro atoms. The fourth-order valence-electron chi connectivity index (χ4n) is 2.50. The SMILES string of the molecule is COc1ccc(-n2nnnc2S[C@H](C)C(=O)Nc2cc(C)ccc2OC)cc1. The van der Waals surface area contributed by atoms with Gasteiger partial charge in [0.25, 0.3) is 0 Å². The van der Waals surface area contributed by atoms with Gasteiger partial charge in [-0.1, -0.05) is 17.8 Å². The molecule has 3 rings (SSSR count). The van der Waals surface area contributed by atoms with E-state index in [9.17, 15) is 4.79 Å². The summed E-state index contributed by atoms with van der Waals surface area (Å²) in [6.45, 7) is 3.76. The van der Waals surface area contributed by atoms with Gasteiger partial charge in [0.05, 0.1) is 30.8 Å². The van der Waals surface area contributed by atoms with Gasteiger partial charge in [-0.2, -0.15) is 4.68 Å². The maximum atomic E-state index is 12.7. The zero-order chi connectivity index (χ0) is 20.1. The molecule has 1 aromatic heterocycles. The summed E-state index contributed by atoms with van der Waals surface area (Å²) in [5.74, 6) is 1.18. The highest BCUT2D eigenvalue weighted by Gasteiger charge is 2.20. The van der Waals surface area contributed by atoms with Gasteiger partial charge in [0.1, 0.15) is 11.5 Å². The number of thioether (sulfide) groups is 1. The molecule has 0 aliphatic carbocycles. The molecule has 1 heterocycles. The lowest BCUT2D eigenvalue weighted by Gasteiger charge is -2.14. The molecule has 146 valence electrons. The first-order valence-electron chi connectivity index (χ1n) is 8.56. The number of ether oxygens (including phenoxy) is 2. The Kier molecular flexibility index (Phi) is 6.15. The van der Waals surface area contributed by atoms with E-state index in [0.717, 1.165) is 17.0 Å². The van der Waals surface area contributed by atoms with Crippen LogP contribution in [0.25, 0.3) is 5.69 Å². The van der Waals surface area contributed by atoms with Crippen molar-refractivity contribution in [1.29, 1.82) is 0 Å². The highest BCUT2D eigenvalue weighted by atomic mass is 32.2. The lowest BCUT2D eigenvalue weighted by molar-refractivity contribution is -0.115. The van der Waals surface area contributed by atoms with Crippen LogP contribution in [-0.2, 0) is 4.79 Å². The molecule has 0 saturated carbocycles. The molecule has 0 bridgehead atoms. The largest absolute Gasteiger partial charge is 0.497 e. The molecule has 9 heteroatoms. The topological polar surface area (TPSA) is 91.2 Å². The molecule has 1 atom stereocenters. The molecule has 3 aromatic rings. The van der Waals surface area contributed by atoms with Crippen molar-refractivity contribution >= 4 is 23.4 Å². The van der Waals surface area contributed by atoms with E-state index in [0.29, 0.717) is 16.6 Å². The van der Waals surface area contributed by atoms with Crippen LogP contribution in [0.2, 0.25) is 0 Å². The van der Waals surface area contributed by atoms with Crippen LogP contribution in [0.4, 0.5) is 5.69 Å². The summed E-state index contributed by atoms with van der Waals surface area (Å²) in [5.41, 5.74) is 2.44. The Balaban J connectivity index is 1.73. The molecule has 0 fully saturated rings. The number of amides is 1. The number of carbonyl (C=O) groups is 1. The first-order valence-corrected chi connectivity index (χ1v) is 9.44. The van der Waals surface area contributed by atoms with Crippen molar-refractivity contribution in [2.24, 2.45) is 0 Å². The molecule has 0 radical (unpaired) electrons. The van der Waals surface area contributed by atoms with E-state index >= 15 is 0 Å². The monoisotopic (exact) mass is 399 g/mol. The molecular formula is C19H21N5O3S. The van der Waals surface area contributed by atoms with Crippen molar-refractivity contribution in [2.45, 2.75) is 24.3 Å². The van der Waals surface area contributed by atoms with Crippen molar-refractivity contribution < 1.29 is 14.3 Å². The normalized spacial score (nSPS) is 11.7. The van der Waals surface area contributed by atoms with Crippen LogP contribution in [0.5, 0.6) is 11.5 Å². The van der Waals surface area contributed by atoms with Crippen LogP contribution in [-0.4, -0.2) is 45.6 Å². The third-order valence-corrected chi connectivity index (χ3v) is 5.06. The number of anilines is 1. The first kappa shape index (κ1) is 19.7. The van der Waals surface area contributed by atoms with Crippen molar-refractivity contribution in [1.82, 2.24) is 20.2 Å². The van der Waals surface area contributed by atoms with E-state index in [4.69, 9.17) is 9.47 Å². The standard InChI is InChI=1S/C19H21N5O3S/c1-12-5-10-17(27-4)16(11-12)20-18(25)13(2)28-19-21-22-23-24(19)14-6-8-15(26-3)9-7-14/h5-11,13H,1-4H3,(H,20,25)/t13-/m1/s1.